The summed E-state index contributed by atoms with van der Waals surface area (Å²) >= 11 is 2.08. The molecule has 4 heteroatoms. The van der Waals surface area contributed by atoms with Crippen LogP contribution in [0.2, 0.25) is 0 Å². The molecule has 1 unspecified atom stereocenters. The molecule has 0 aromatic carbocycles. The van der Waals surface area contributed by atoms with Gasteiger partial charge in [-0.3, -0.25) is 4.90 Å². The largest absolute Gasteiger partial charge is 0.380 e. The number of hydrogen-bond acceptors (Lipinski definition) is 4. The first-order chi connectivity index (χ1) is 6.95. The molecule has 2 aliphatic rings. The average molecular weight is 216 g/mol. The van der Waals surface area contributed by atoms with E-state index in [1.165, 1.54) is 37.6 Å². The van der Waals surface area contributed by atoms with E-state index >= 15 is 0 Å². The lowest BCUT2D eigenvalue weighted by atomic mass is 10.3. The van der Waals surface area contributed by atoms with Gasteiger partial charge in [0.15, 0.2) is 0 Å². The van der Waals surface area contributed by atoms with Crippen molar-refractivity contribution in [2.24, 2.45) is 0 Å². The van der Waals surface area contributed by atoms with Crippen molar-refractivity contribution in [2.45, 2.75) is 12.5 Å². The molecule has 2 aliphatic heterocycles. The molecule has 2 rings (SSSR count). The van der Waals surface area contributed by atoms with Gasteiger partial charge in [0, 0.05) is 50.3 Å². The third-order valence-corrected chi connectivity index (χ3v) is 3.92. The number of hydrogen-bond donors (Lipinski definition) is 1. The predicted molar refractivity (Wildman–Crippen MR) is 61.0 cm³/mol. The SMILES string of the molecule is C1COCCN(CC2CSCCN2)C1. The van der Waals surface area contributed by atoms with E-state index in [1.807, 2.05) is 0 Å². The molecule has 1 atom stereocenters. The summed E-state index contributed by atoms with van der Waals surface area (Å²) in [4.78, 5) is 2.54. The number of nitrogens with one attached hydrogen (secondary N) is 1. The zero-order chi connectivity index (χ0) is 9.64. The maximum absolute atomic E-state index is 5.45. The standard InChI is InChI=1S/C10H20N2OS/c1-3-12(4-6-13-5-1)8-10-9-14-7-2-11-10/h10-11H,1-9H2. The first kappa shape index (κ1) is 10.7. The van der Waals surface area contributed by atoms with Gasteiger partial charge < -0.3 is 10.1 Å². The Kier molecular flexibility index (Phi) is 4.57. The van der Waals surface area contributed by atoms with Gasteiger partial charge in [0.2, 0.25) is 0 Å². The summed E-state index contributed by atoms with van der Waals surface area (Å²) in [5, 5.41) is 3.58. The molecule has 3 nitrogen and oxygen atoms in total. The van der Waals surface area contributed by atoms with Gasteiger partial charge in [0.1, 0.15) is 0 Å². The summed E-state index contributed by atoms with van der Waals surface area (Å²) in [6.45, 7) is 6.57. The molecule has 0 spiro atoms. The van der Waals surface area contributed by atoms with E-state index in [0.29, 0.717) is 6.04 Å². The first-order valence-corrected chi connectivity index (χ1v) is 6.72. The minimum absolute atomic E-state index is 0.701. The zero-order valence-corrected chi connectivity index (χ0v) is 9.52. The van der Waals surface area contributed by atoms with Crippen LogP contribution in [0.5, 0.6) is 0 Å². The Balaban J connectivity index is 1.71. The lowest BCUT2D eigenvalue weighted by Crippen LogP contribution is -2.46. The molecule has 0 amide bonds. The fraction of sp³-hybridized carbons (Fsp3) is 1.00. The van der Waals surface area contributed by atoms with E-state index in [9.17, 15) is 0 Å². The summed E-state index contributed by atoms with van der Waals surface area (Å²) in [7, 11) is 0. The van der Waals surface area contributed by atoms with Crippen molar-refractivity contribution in [1.29, 1.82) is 0 Å². The summed E-state index contributed by atoms with van der Waals surface area (Å²) in [6, 6.07) is 0.701. The molecular formula is C10H20N2OS. The molecule has 14 heavy (non-hydrogen) atoms. The van der Waals surface area contributed by atoms with E-state index in [1.54, 1.807) is 0 Å². The molecule has 0 saturated carbocycles. The van der Waals surface area contributed by atoms with Gasteiger partial charge in [-0.15, -0.1) is 0 Å². The van der Waals surface area contributed by atoms with Crippen LogP contribution in [0.25, 0.3) is 0 Å². The monoisotopic (exact) mass is 216 g/mol. The van der Waals surface area contributed by atoms with Crippen LogP contribution in [0.3, 0.4) is 0 Å². The molecule has 0 aromatic heterocycles. The van der Waals surface area contributed by atoms with Crippen molar-refractivity contribution in [3.63, 3.8) is 0 Å². The van der Waals surface area contributed by atoms with Crippen molar-refractivity contribution in [3.05, 3.63) is 0 Å². The maximum atomic E-state index is 5.45. The normalized spacial score (nSPS) is 31.3. The molecule has 82 valence electrons. The summed E-state index contributed by atoms with van der Waals surface area (Å²) in [6.07, 6.45) is 1.19. The Morgan fingerprint density at radius 2 is 2.36 bits per heavy atom. The van der Waals surface area contributed by atoms with Crippen LogP contribution >= 0.6 is 11.8 Å². The fourth-order valence-electron chi connectivity index (χ4n) is 2.03. The highest BCUT2D eigenvalue weighted by molar-refractivity contribution is 7.99. The van der Waals surface area contributed by atoms with Crippen molar-refractivity contribution in [2.75, 3.05) is 50.9 Å². The van der Waals surface area contributed by atoms with E-state index in [0.717, 1.165) is 19.8 Å². The van der Waals surface area contributed by atoms with E-state index in [2.05, 4.69) is 22.0 Å². The van der Waals surface area contributed by atoms with Gasteiger partial charge in [-0.05, 0) is 6.42 Å². The minimum atomic E-state index is 0.701. The maximum Gasteiger partial charge on any atom is 0.0593 e. The Bertz CT molecular complexity index is 154. The third kappa shape index (κ3) is 3.42. The quantitative estimate of drug-likeness (QED) is 0.723. The second-order valence-corrected chi connectivity index (χ2v) is 5.14. The van der Waals surface area contributed by atoms with Crippen LogP contribution in [0.15, 0.2) is 0 Å². The molecule has 2 saturated heterocycles. The van der Waals surface area contributed by atoms with E-state index in [-0.39, 0.29) is 0 Å². The molecule has 0 aromatic rings. The van der Waals surface area contributed by atoms with Crippen molar-refractivity contribution in [3.8, 4) is 0 Å². The molecule has 0 bridgehead atoms. The molecule has 2 heterocycles. The topological polar surface area (TPSA) is 24.5 Å². The first-order valence-electron chi connectivity index (χ1n) is 5.56. The van der Waals surface area contributed by atoms with Crippen LogP contribution in [0.4, 0.5) is 0 Å². The highest BCUT2D eigenvalue weighted by atomic mass is 32.2. The average Bonchev–Trinajstić information content (AvgIpc) is 2.48. The van der Waals surface area contributed by atoms with Crippen LogP contribution in [0, 0.1) is 0 Å². The van der Waals surface area contributed by atoms with Crippen LogP contribution in [0.1, 0.15) is 6.42 Å². The molecule has 0 aliphatic carbocycles. The summed E-state index contributed by atoms with van der Waals surface area (Å²) in [5.41, 5.74) is 0. The van der Waals surface area contributed by atoms with Gasteiger partial charge in [-0.1, -0.05) is 0 Å². The van der Waals surface area contributed by atoms with Crippen LogP contribution in [-0.2, 0) is 4.74 Å². The smallest absolute Gasteiger partial charge is 0.0593 e. The molecule has 2 fully saturated rings. The van der Waals surface area contributed by atoms with Gasteiger partial charge in [-0.25, -0.2) is 0 Å². The zero-order valence-electron chi connectivity index (χ0n) is 8.71. The van der Waals surface area contributed by atoms with Gasteiger partial charge in [-0.2, -0.15) is 11.8 Å². The van der Waals surface area contributed by atoms with Gasteiger partial charge >= 0.3 is 0 Å². The lowest BCUT2D eigenvalue weighted by Gasteiger charge is -2.29. The highest BCUT2D eigenvalue weighted by Crippen LogP contribution is 2.09. The Labute approximate surface area is 90.6 Å². The molecular weight excluding hydrogens is 196 g/mol. The van der Waals surface area contributed by atoms with E-state index in [4.69, 9.17) is 4.74 Å². The molecule has 0 radical (unpaired) electrons. The van der Waals surface area contributed by atoms with Crippen LogP contribution < -0.4 is 5.32 Å². The lowest BCUT2D eigenvalue weighted by molar-refractivity contribution is 0.140. The second-order valence-electron chi connectivity index (χ2n) is 3.99. The van der Waals surface area contributed by atoms with Crippen LogP contribution in [-0.4, -0.2) is 61.8 Å². The Hall–Kier alpha value is 0.230. The number of ether oxygens (including phenoxy) is 1. The Morgan fingerprint density at radius 3 is 3.21 bits per heavy atom. The summed E-state index contributed by atoms with van der Waals surface area (Å²) in [5.74, 6) is 2.55. The number of nitrogens with zero attached hydrogens (tertiary/aromatic N) is 1. The fourth-order valence-corrected chi connectivity index (χ4v) is 2.97. The second kappa shape index (κ2) is 5.95. The predicted octanol–water partition coefficient (Wildman–Crippen LogP) is 0.414. The van der Waals surface area contributed by atoms with Crippen molar-refractivity contribution in [1.82, 2.24) is 10.2 Å². The Morgan fingerprint density at radius 1 is 1.36 bits per heavy atom. The number of rotatable bonds is 2. The van der Waals surface area contributed by atoms with E-state index < -0.39 is 0 Å². The van der Waals surface area contributed by atoms with Crippen molar-refractivity contribution < 1.29 is 4.74 Å². The van der Waals surface area contributed by atoms with Gasteiger partial charge in [0.25, 0.3) is 0 Å². The molecule has 1 N–H and O–H groups in total. The highest BCUT2D eigenvalue weighted by Gasteiger charge is 2.17. The minimum Gasteiger partial charge on any atom is -0.380 e. The van der Waals surface area contributed by atoms with Gasteiger partial charge in [0.05, 0.1) is 6.61 Å². The number of thioether (sulfide) groups is 1. The third-order valence-electron chi connectivity index (χ3n) is 2.79. The van der Waals surface area contributed by atoms with Crippen molar-refractivity contribution >= 4 is 11.8 Å². The summed E-state index contributed by atoms with van der Waals surface area (Å²) < 4.78 is 5.45.